The third-order valence-electron chi connectivity index (χ3n) is 4.38. The van der Waals surface area contributed by atoms with Crippen molar-refractivity contribution in [2.75, 3.05) is 13.1 Å². The summed E-state index contributed by atoms with van der Waals surface area (Å²) in [4.78, 5) is 25.7. The molecule has 1 aliphatic heterocycles. The number of nitrogens with zero attached hydrogens (tertiary/aromatic N) is 1. The summed E-state index contributed by atoms with van der Waals surface area (Å²) in [7, 11) is 0. The number of carbonyl (C=O) groups is 2. The maximum atomic E-state index is 13.1. The first-order valence-electron chi connectivity index (χ1n) is 7.82. The van der Waals surface area contributed by atoms with E-state index in [2.05, 4.69) is 0 Å². The second kappa shape index (κ2) is 7.64. The van der Waals surface area contributed by atoms with Crippen molar-refractivity contribution in [2.24, 2.45) is 5.92 Å². The summed E-state index contributed by atoms with van der Waals surface area (Å²) in [6.07, 6.45) is 1.15. The average Bonchev–Trinajstić information content (AvgIpc) is 2.54. The molecule has 2 rings (SSSR count). The Morgan fingerprint density at radius 2 is 1.87 bits per heavy atom. The molecule has 1 aromatic carbocycles. The average molecular weight is 325 g/mol. The third kappa shape index (κ3) is 4.58. The summed E-state index contributed by atoms with van der Waals surface area (Å²) in [5.41, 5.74) is 0.0736. The van der Waals surface area contributed by atoms with E-state index in [0.29, 0.717) is 13.1 Å². The minimum absolute atomic E-state index is 0.0275. The molecule has 1 unspecified atom stereocenters. The molecule has 1 heterocycles. The van der Waals surface area contributed by atoms with Gasteiger partial charge >= 0.3 is 0 Å². The molecule has 1 aliphatic rings. The lowest BCUT2D eigenvalue weighted by Gasteiger charge is -2.33. The monoisotopic (exact) mass is 325 g/mol. The molecule has 1 atom stereocenters. The van der Waals surface area contributed by atoms with Gasteiger partial charge in [0, 0.05) is 31.5 Å². The molecule has 0 aromatic heterocycles. The van der Waals surface area contributed by atoms with Gasteiger partial charge in [-0.2, -0.15) is 0 Å². The molecular formula is C17H21F2NO3. The Hall–Kier alpha value is -1.82. The Labute approximate surface area is 134 Å². The molecule has 0 radical (unpaired) electrons. The molecular weight excluding hydrogens is 304 g/mol. The largest absolute Gasteiger partial charge is 0.393 e. The highest BCUT2D eigenvalue weighted by molar-refractivity contribution is 5.97. The van der Waals surface area contributed by atoms with Crippen molar-refractivity contribution in [1.82, 2.24) is 4.90 Å². The van der Waals surface area contributed by atoms with Crippen LogP contribution < -0.4 is 0 Å². The van der Waals surface area contributed by atoms with E-state index in [4.69, 9.17) is 0 Å². The molecule has 1 amide bonds. The minimum Gasteiger partial charge on any atom is -0.393 e. The van der Waals surface area contributed by atoms with E-state index in [1.54, 1.807) is 11.8 Å². The molecule has 1 N–H and O–H groups in total. The van der Waals surface area contributed by atoms with E-state index in [0.717, 1.165) is 25.0 Å². The number of ketones is 1. The first-order chi connectivity index (χ1) is 10.9. The van der Waals surface area contributed by atoms with Gasteiger partial charge in [0.15, 0.2) is 17.4 Å². The SMILES string of the molecule is CC(O)C1CCN(C(=O)CCC(=O)c2ccc(F)c(F)c2)CC1. The normalized spacial score (nSPS) is 17.1. The zero-order valence-corrected chi connectivity index (χ0v) is 13.1. The molecule has 6 heteroatoms. The Balaban J connectivity index is 1.82. The van der Waals surface area contributed by atoms with E-state index in [1.807, 2.05) is 0 Å². The molecule has 23 heavy (non-hydrogen) atoms. The van der Waals surface area contributed by atoms with Crippen LogP contribution >= 0.6 is 0 Å². The fraction of sp³-hybridized carbons (Fsp3) is 0.529. The van der Waals surface area contributed by atoms with Crippen LogP contribution in [0.4, 0.5) is 8.78 Å². The molecule has 1 fully saturated rings. The number of hydrogen-bond donors (Lipinski definition) is 1. The van der Waals surface area contributed by atoms with Crippen LogP contribution in [0, 0.1) is 17.6 Å². The van der Waals surface area contributed by atoms with Crippen molar-refractivity contribution in [3.05, 3.63) is 35.4 Å². The van der Waals surface area contributed by atoms with Crippen LogP contribution in [0.5, 0.6) is 0 Å². The fourth-order valence-corrected chi connectivity index (χ4v) is 2.82. The highest BCUT2D eigenvalue weighted by atomic mass is 19.2. The summed E-state index contributed by atoms with van der Waals surface area (Å²) in [6, 6.07) is 2.99. The number of piperidine rings is 1. The van der Waals surface area contributed by atoms with Crippen LogP contribution in [0.1, 0.15) is 43.0 Å². The standard InChI is InChI=1S/C17H21F2NO3/c1-11(21)12-6-8-20(9-7-12)17(23)5-4-16(22)13-2-3-14(18)15(19)10-13/h2-3,10-12,21H,4-9H2,1H3. The molecule has 0 aliphatic carbocycles. The van der Waals surface area contributed by atoms with Gasteiger partial charge in [-0.1, -0.05) is 0 Å². The zero-order chi connectivity index (χ0) is 17.0. The van der Waals surface area contributed by atoms with Gasteiger partial charge in [-0.15, -0.1) is 0 Å². The van der Waals surface area contributed by atoms with Gasteiger partial charge in [-0.05, 0) is 43.9 Å². The summed E-state index contributed by atoms with van der Waals surface area (Å²) in [5, 5.41) is 9.54. The van der Waals surface area contributed by atoms with Gasteiger partial charge in [-0.25, -0.2) is 8.78 Å². The van der Waals surface area contributed by atoms with Gasteiger partial charge in [0.2, 0.25) is 5.91 Å². The number of aliphatic hydroxyl groups is 1. The van der Waals surface area contributed by atoms with Crippen molar-refractivity contribution in [2.45, 2.75) is 38.7 Å². The predicted octanol–water partition coefficient (Wildman–Crippen LogP) is 2.55. The second-order valence-corrected chi connectivity index (χ2v) is 6.01. The fourth-order valence-electron chi connectivity index (χ4n) is 2.82. The number of amides is 1. The first kappa shape index (κ1) is 17.5. The number of benzene rings is 1. The molecule has 0 spiro atoms. The van der Waals surface area contributed by atoms with Crippen LogP contribution in [0.2, 0.25) is 0 Å². The van der Waals surface area contributed by atoms with E-state index >= 15 is 0 Å². The maximum absolute atomic E-state index is 13.1. The van der Waals surface area contributed by atoms with Crippen molar-refractivity contribution < 1.29 is 23.5 Å². The number of carbonyl (C=O) groups excluding carboxylic acids is 2. The lowest BCUT2D eigenvalue weighted by atomic mass is 9.92. The van der Waals surface area contributed by atoms with E-state index in [-0.39, 0.29) is 42.1 Å². The van der Waals surface area contributed by atoms with Crippen LogP contribution in [0.3, 0.4) is 0 Å². The number of Topliss-reactive ketones (excluding diaryl/α,β-unsaturated/α-hetero) is 1. The van der Waals surface area contributed by atoms with Gasteiger partial charge in [0.25, 0.3) is 0 Å². The Bertz CT molecular complexity index is 581. The number of halogens is 2. The second-order valence-electron chi connectivity index (χ2n) is 6.01. The molecule has 0 saturated carbocycles. The van der Waals surface area contributed by atoms with E-state index < -0.39 is 11.6 Å². The van der Waals surface area contributed by atoms with E-state index in [9.17, 15) is 23.5 Å². The van der Waals surface area contributed by atoms with Gasteiger partial charge < -0.3 is 10.0 Å². The number of hydrogen-bond acceptors (Lipinski definition) is 3. The summed E-state index contributed by atoms with van der Waals surface area (Å²) < 4.78 is 26.0. The number of rotatable bonds is 5. The summed E-state index contributed by atoms with van der Waals surface area (Å²) in [5.74, 6) is -2.36. The van der Waals surface area contributed by atoms with Gasteiger partial charge in [0.05, 0.1) is 6.10 Å². The Morgan fingerprint density at radius 1 is 1.22 bits per heavy atom. The molecule has 1 aromatic rings. The highest BCUT2D eigenvalue weighted by Crippen LogP contribution is 2.21. The zero-order valence-electron chi connectivity index (χ0n) is 13.1. The molecule has 4 nitrogen and oxygen atoms in total. The van der Waals surface area contributed by atoms with Crippen molar-refractivity contribution in [3.8, 4) is 0 Å². The summed E-state index contributed by atoms with van der Waals surface area (Å²) >= 11 is 0. The predicted molar refractivity (Wildman–Crippen MR) is 80.9 cm³/mol. The van der Waals surface area contributed by atoms with Crippen molar-refractivity contribution in [3.63, 3.8) is 0 Å². The smallest absolute Gasteiger partial charge is 0.223 e. The van der Waals surface area contributed by atoms with Crippen LogP contribution in [-0.2, 0) is 4.79 Å². The van der Waals surface area contributed by atoms with Crippen LogP contribution in [-0.4, -0.2) is 40.9 Å². The first-order valence-corrected chi connectivity index (χ1v) is 7.82. The van der Waals surface area contributed by atoms with Crippen molar-refractivity contribution in [1.29, 1.82) is 0 Å². The quantitative estimate of drug-likeness (QED) is 0.847. The van der Waals surface area contributed by atoms with E-state index in [1.165, 1.54) is 6.07 Å². The lowest BCUT2D eigenvalue weighted by molar-refractivity contribution is -0.133. The lowest BCUT2D eigenvalue weighted by Crippen LogP contribution is -2.40. The molecule has 1 saturated heterocycles. The van der Waals surface area contributed by atoms with Crippen LogP contribution in [0.25, 0.3) is 0 Å². The topological polar surface area (TPSA) is 57.6 Å². The van der Waals surface area contributed by atoms with Gasteiger partial charge in [-0.3, -0.25) is 9.59 Å². The van der Waals surface area contributed by atoms with Crippen LogP contribution in [0.15, 0.2) is 18.2 Å². The Kier molecular flexibility index (Phi) is 5.82. The number of likely N-dealkylation sites (tertiary alicyclic amines) is 1. The maximum Gasteiger partial charge on any atom is 0.223 e. The van der Waals surface area contributed by atoms with Crippen molar-refractivity contribution >= 4 is 11.7 Å². The molecule has 126 valence electrons. The summed E-state index contributed by atoms with van der Waals surface area (Å²) in [6.45, 7) is 2.91. The highest BCUT2D eigenvalue weighted by Gasteiger charge is 2.25. The number of aliphatic hydroxyl groups excluding tert-OH is 1. The molecule has 0 bridgehead atoms. The Morgan fingerprint density at radius 3 is 2.43 bits per heavy atom. The minimum atomic E-state index is -1.07. The van der Waals surface area contributed by atoms with Gasteiger partial charge in [0.1, 0.15) is 0 Å². The third-order valence-corrected chi connectivity index (χ3v) is 4.38.